The Hall–Kier alpha value is -2.94. The summed E-state index contributed by atoms with van der Waals surface area (Å²) in [6.07, 6.45) is 3.27. The van der Waals surface area contributed by atoms with Gasteiger partial charge in [0, 0.05) is 36.4 Å². The number of amides is 1. The molecule has 178 valence electrons. The van der Waals surface area contributed by atoms with Gasteiger partial charge in [0.15, 0.2) is 0 Å². The lowest BCUT2D eigenvalue weighted by atomic mass is 9.91. The topological polar surface area (TPSA) is 101 Å². The van der Waals surface area contributed by atoms with Crippen molar-refractivity contribution in [2.75, 3.05) is 26.3 Å². The number of carbonyl (C=O) groups excluding carboxylic acids is 2. The third-order valence-electron chi connectivity index (χ3n) is 6.83. The molecule has 2 N–H and O–H groups in total. The van der Waals surface area contributed by atoms with Crippen LogP contribution in [0.25, 0.3) is 10.9 Å². The Labute approximate surface area is 191 Å². The molecule has 1 aliphatic carbocycles. The van der Waals surface area contributed by atoms with Crippen LogP contribution in [0.4, 0.5) is 9.18 Å². The molecule has 1 aromatic heterocycles. The third kappa shape index (κ3) is 3.88. The fourth-order valence-electron chi connectivity index (χ4n) is 5.13. The molecule has 4 rings (SSSR count). The van der Waals surface area contributed by atoms with E-state index in [9.17, 15) is 14.4 Å². The molecule has 1 saturated carbocycles. The average Bonchev–Trinajstić information content (AvgIpc) is 3.43. The van der Waals surface area contributed by atoms with Crippen LogP contribution in [-0.4, -0.2) is 54.3 Å². The highest BCUT2D eigenvalue weighted by atomic mass is 19.1. The van der Waals surface area contributed by atoms with Gasteiger partial charge in [0.25, 0.3) is 0 Å². The van der Waals surface area contributed by atoms with E-state index in [4.69, 9.17) is 9.47 Å². The number of ether oxygens (including phenoxy) is 2. The van der Waals surface area contributed by atoms with E-state index in [1.54, 1.807) is 20.8 Å². The molecule has 0 bridgehead atoms. The van der Waals surface area contributed by atoms with Gasteiger partial charge in [-0.2, -0.15) is 0 Å². The number of benzene rings is 1. The van der Waals surface area contributed by atoms with E-state index in [1.807, 2.05) is 6.92 Å². The summed E-state index contributed by atoms with van der Waals surface area (Å²) in [7, 11) is 0. The monoisotopic (exact) mass is 459 g/mol. The number of likely N-dealkylation sites (tertiary alicyclic amines) is 1. The van der Waals surface area contributed by atoms with Gasteiger partial charge in [0.2, 0.25) is 5.43 Å². The van der Waals surface area contributed by atoms with Gasteiger partial charge in [-0.1, -0.05) is 0 Å². The first-order chi connectivity index (χ1) is 15.7. The number of halogens is 1. The van der Waals surface area contributed by atoms with Crippen molar-refractivity contribution in [2.24, 2.45) is 0 Å². The number of hydrogen-bond acceptors (Lipinski definition) is 6. The van der Waals surface area contributed by atoms with E-state index in [1.165, 1.54) is 6.20 Å². The molecule has 2 aliphatic rings. The molecule has 1 atom stereocenters. The quantitative estimate of drug-likeness (QED) is 0.643. The van der Waals surface area contributed by atoms with Crippen LogP contribution in [-0.2, 0) is 15.0 Å². The molecule has 1 saturated heterocycles. The van der Waals surface area contributed by atoms with Crippen molar-refractivity contribution in [3.63, 3.8) is 0 Å². The number of aryl methyl sites for hydroxylation is 2. The molecule has 1 unspecified atom stereocenters. The Morgan fingerprint density at radius 1 is 1.21 bits per heavy atom. The van der Waals surface area contributed by atoms with Gasteiger partial charge in [-0.3, -0.25) is 9.69 Å². The summed E-state index contributed by atoms with van der Waals surface area (Å²) in [4.78, 5) is 42.3. The maximum atomic E-state index is 15.9. The number of aromatic amines is 1. The van der Waals surface area contributed by atoms with Gasteiger partial charge in [-0.05, 0) is 58.1 Å². The summed E-state index contributed by atoms with van der Waals surface area (Å²) in [5.41, 5.74) is 0.891. The second-order valence-electron chi connectivity index (χ2n) is 8.77. The van der Waals surface area contributed by atoms with Crippen LogP contribution in [0.15, 0.2) is 11.0 Å². The highest BCUT2D eigenvalue weighted by Gasteiger charge is 2.54. The van der Waals surface area contributed by atoms with Crippen molar-refractivity contribution in [1.29, 1.82) is 0 Å². The Morgan fingerprint density at radius 3 is 2.55 bits per heavy atom. The summed E-state index contributed by atoms with van der Waals surface area (Å²) >= 11 is 0. The van der Waals surface area contributed by atoms with Crippen molar-refractivity contribution in [1.82, 2.24) is 15.2 Å². The number of nitrogens with one attached hydrogen (secondary N) is 2. The normalized spacial score (nSPS) is 19.5. The van der Waals surface area contributed by atoms with Gasteiger partial charge in [0.1, 0.15) is 11.4 Å². The molecule has 2 fully saturated rings. The number of hydrogen-bond donors (Lipinski definition) is 2. The highest BCUT2D eigenvalue weighted by molar-refractivity contribution is 5.95. The first kappa shape index (κ1) is 23.2. The lowest BCUT2D eigenvalue weighted by Gasteiger charge is -2.31. The molecule has 0 radical (unpaired) electrons. The number of nitrogens with zero attached hydrogens (tertiary/aromatic N) is 1. The minimum atomic E-state index is -0.724. The van der Waals surface area contributed by atoms with E-state index >= 15 is 4.39 Å². The maximum Gasteiger partial charge on any atom is 0.407 e. The van der Waals surface area contributed by atoms with Gasteiger partial charge in [-0.25, -0.2) is 14.0 Å². The molecule has 2 heterocycles. The Kier molecular flexibility index (Phi) is 6.18. The third-order valence-corrected chi connectivity index (χ3v) is 6.83. The van der Waals surface area contributed by atoms with Crippen molar-refractivity contribution in [3.8, 4) is 0 Å². The van der Waals surface area contributed by atoms with E-state index < -0.39 is 28.8 Å². The lowest BCUT2D eigenvalue weighted by molar-refractivity contribution is 0.0524. The van der Waals surface area contributed by atoms with Crippen LogP contribution in [0.2, 0.25) is 0 Å². The summed E-state index contributed by atoms with van der Waals surface area (Å²) in [6, 6.07) is -0.0570. The van der Waals surface area contributed by atoms with Crippen LogP contribution in [0, 0.1) is 19.7 Å². The summed E-state index contributed by atoms with van der Waals surface area (Å²) in [5.74, 6) is -1.14. The van der Waals surface area contributed by atoms with Gasteiger partial charge < -0.3 is 19.8 Å². The summed E-state index contributed by atoms with van der Waals surface area (Å²) in [5, 5.41) is 3.06. The molecular formula is C24H30FN3O5. The number of fused-ring (bicyclic) bond motifs is 1. The van der Waals surface area contributed by atoms with Crippen molar-refractivity contribution >= 4 is 23.0 Å². The summed E-state index contributed by atoms with van der Waals surface area (Å²) in [6.45, 7) is 8.59. The largest absolute Gasteiger partial charge is 0.462 e. The molecule has 9 heteroatoms. The van der Waals surface area contributed by atoms with Gasteiger partial charge in [0.05, 0.1) is 24.1 Å². The summed E-state index contributed by atoms with van der Waals surface area (Å²) < 4.78 is 25.8. The second kappa shape index (κ2) is 8.78. The average molecular weight is 460 g/mol. The minimum absolute atomic E-state index is 0.0570. The fourth-order valence-corrected chi connectivity index (χ4v) is 5.13. The SMILES string of the molecule is CCOC(=O)NC1CCN(C2(c3c(F)c(C)c4c(=O)c(C(=O)OCC)c[nH]c4c3C)CC2)C1. The zero-order valence-corrected chi connectivity index (χ0v) is 19.5. The molecule has 1 aliphatic heterocycles. The first-order valence-corrected chi connectivity index (χ1v) is 11.4. The molecule has 1 amide bonds. The van der Waals surface area contributed by atoms with E-state index in [0.29, 0.717) is 29.8 Å². The first-order valence-electron chi connectivity index (χ1n) is 11.4. The number of rotatable bonds is 6. The molecule has 8 nitrogen and oxygen atoms in total. The number of carbonyl (C=O) groups is 2. The van der Waals surface area contributed by atoms with Crippen molar-refractivity contribution in [2.45, 2.75) is 58.5 Å². The van der Waals surface area contributed by atoms with Crippen LogP contribution in [0.3, 0.4) is 0 Å². The fraction of sp³-hybridized carbons (Fsp3) is 0.542. The Morgan fingerprint density at radius 2 is 1.91 bits per heavy atom. The molecule has 2 aromatic rings. The number of aromatic nitrogens is 1. The van der Waals surface area contributed by atoms with Gasteiger partial charge >= 0.3 is 12.1 Å². The van der Waals surface area contributed by atoms with Crippen LogP contribution in [0.5, 0.6) is 0 Å². The zero-order chi connectivity index (χ0) is 23.9. The number of alkyl carbamates (subject to hydrolysis) is 1. The predicted octanol–water partition coefficient (Wildman–Crippen LogP) is 3.27. The number of pyridine rings is 1. The standard InChI is InChI=1S/C24H30FN3O5/c1-5-32-22(30)16-11-26-20-14(4)18(19(25)13(3)17(20)21(16)29)24(8-9-24)28-10-7-15(12-28)27-23(31)33-6-2/h11,15H,5-10,12H2,1-4H3,(H,26,29)(H,27,31). The van der Waals surface area contributed by atoms with Crippen molar-refractivity contribution in [3.05, 3.63) is 44.5 Å². The van der Waals surface area contributed by atoms with Crippen LogP contribution < -0.4 is 10.7 Å². The number of H-pyrrole nitrogens is 1. The van der Waals surface area contributed by atoms with Crippen LogP contribution in [0.1, 0.15) is 60.2 Å². The highest BCUT2D eigenvalue weighted by Crippen LogP contribution is 2.55. The van der Waals surface area contributed by atoms with Gasteiger partial charge in [-0.15, -0.1) is 0 Å². The molecule has 1 aromatic carbocycles. The van der Waals surface area contributed by atoms with E-state index in [0.717, 1.165) is 25.8 Å². The second-order valence-corrected chi connectivity index (χ2v) is 8.77. The minimum Gasteiger partial charge on any atom is -0.462 e. The molecule has 0 spiro atoms. The molecule has 33 heavy (non-hydrogen) atoms. The Balaban J connectivity index is 1.72. The maximum absolute atomic E-state index is 15.9. The van der Waals surface area contributed by atoms with Crippen molar-refractivity contribution < 1.29 is 23.5 Å². The number of esters is 1. The lowest BCUT2D eigenvalue weighted by Crippen LogP contribution is -2.40. The van der Waals surface area contributed by atoms with E-state index in [-0.39, 0.29) is 29.2 Å². The van der Waals surface area contributed by atoms with Crippen LogP contribution >= 0.6 is 0 Å². The zero-order valence-electron chi connectivity index (χ0n) is 19.5. The smallest absolute Gasteiger partial charge is 0.407 e. The molecular weight excluding hydrogens is 429 g/mol. The predicted molar refractivity (Wildman–Crippen MR) is 121 cm³/mol. The van der Waals surface area contributed by atoms with E-state index in [2.05, 4.69) is 15.2 Å². The Bertz CT molecular complexity index is 1170.